The number of carboxylic acid groups (broad SMARTS) is 1. The van der Waals surface area contributed by atoms with Gasteiger partial charge in [0.1, 0.15) is 35.7 Å². The van der Waals surface area contributed by atoms with E-state index in [1.807, 2.05) is 0 Å². The van der Waals surface area contributed by atoms with Gasteiger partial charge in [-0.2, -0.15) is 0 Å². The standard InChI is InChI=1S/C17H18O9/c18-7-11-13(21)14(22)15(23)17(25-11)26-16-8(2-4-12(19)20)1-3-10-9(16)5-6-24-10/h1-6,11,13-15,17-18,21-23H,7H2,(H,19,20)/b4-2+/t11-,13-,14+,15-,17+/m1/s1. The molecule has 0 unspecified atom stereocenters. The Hall–Kier alpha value is -2.43. The van der Waals surface area contributed by atoms with Crippen LogP contribution in [0.1, 0.15) is 5.56 Å². The van der Waals surface area contributed by atoms with Gasteiger partial charge in [0.15, 0.2) is 0 Å². The lowest BCUT2D eigenvalue weighted by atomic mass is 9.99. The van der Waals surface area contributed by atoms with Crippen LogP contribution in [0, 0.1) is 0 Å². The average molecular weight is 366 g/mol. The molecule has 1 aliphatic rings. The molecule has 5 N–H and O–H groups in total. The highest BCUT2D eigenvalue weighted by atomic mass is 16.7. The third kappa shape index (κ3) is 3.43. The summed E-state index contributed by atoms with van der Waals surface area (Å²) in [6, 6.07) is 4.77. The largest absolute Gasteiger partial charge is 0.478 e. The number of furan rings is 1. The minimum Gasteiger partial charge on any atom is -0.478 e. The molecule has 0 radical (unpaired) electrons. The molecule has 9 heteroatoms. The van der Waals surface area contributed by atoms with Gasteiger partial charge < -0.3 is 39.4 Å². The number of aliphatic hydroxyl groups excluding tert-OH is 4. The van der Waals surface area contributed by atoms with E-state index in [4.69, 9.17) is 19.0 Å². The number of ether oxygens (including phenoxy) is 2. The molecular weight excluding hydrogens is 348 g/mol. The number of benzene rings is 1. The Bertz CT molecular complexity index is 810. The Labute approximate surface area is 147 Å². The van der Waals surface area contributed by atoms with Crippen LogP contribution in [0.3, 0.4) is 0 Å². The van der Waals surface area contributed by atoms with Crippen molar-refractivity contribution in [1.82, 2.24) is 0 Å². The molecule has 0 saturated carbocycles. The molecule has 0 amide bonds. The van der Waals surface area contributed by atoms with Gasteiger partial charge >= 0.3 is 5.97 Å². The SMILES string of the molecule is O=C(O)/C=C/c1ccc2occc2c1O[C@@H]1O[C@H](CO)[C@@H](O)[C@H](O)[C@H]1O. The molecule has 0 aliphatic carbocycles. The highest BCUT2D eigenvalue weighted by Crippen LogP contribution is 2.34. The molecule has 1 aromatic heterocycles. The molecule has 5 atom stereocenters. The molecule has 9 nitrogen and oxygen atoms in total. The first-order valence-electron chi connectivity index (χ1n) is 7.80. The lowest BCUT2D eigenvalue weighted by molar-refractivity contribution is -0.277. The van der Waals surface area contributed by atoms with Crippen LogP contribution in [0.15, 0.2) is 35.0 Å². The van der Waals surface area contributed by atoms with Gasteiger partial charge in [-0.1, -0.05) is 0 Å². The van der Waals surface area contributed by atoms with Crippen LogP contribution in [-0.4, -0.2) is 68.8 Å². The quantitative estimate of drug-likeness (QED) is 0.450. The number of fused-ring (bicyclic) bond motifs is 1. The minimum atomic E-state index is -1.59. The van der Waals surface area contributed by atoms with Crippen molar-refractivity contribution in [3.63, 3.8) is 0 Å². The summed E-state index contributed by atoms with van der Waals surface area (Å²) < 4.78 is 16.3. The molecule has 2 heterocycles. The molecule has 1 saturated heterocycles. The third-order valence-corrected chi connectivity index (χ3v) is 4.10. The molecule has 0 bridgehead atoms. The first kappa shape index (κ1) is 18.4. The van der Waals surface area contributed by atoms with Crippen molar-refractivity contribution >= 4 is 23.0 Å². The highest BCUT2D eigenvalue weighted by molar-refractivity contribution is 5.91. The fourth-order valence-electron chi connectivity index (χ4n) is 2.74. The maximum atomic E-state index is 10.8. The number of aliphatic carboxylic acids is 1. The van der Waals surface area contributed by atoms with Gasteiger partial charge in [0, 0.05) is 11.6 Å². The third-order valence-electron chi connectivity index (χ3n) is 4.10. The molecule has 1 fully saturated rings. The summed E-state index contributed by atoms with van der Waals surface area (Å²) in [5.74, 6) is -0.992. The summed E-state index contributed by atoms with van der Waals surface area (Å²) in [7, 11) is 0. The summed E-state index contributed by atoms with van der Waals surface area (Å²) in [6.07, 6.45) is -3.59. The van der Waals surface area contributed by atoms with Gasteiger partial charge in [0.2, 0.25) is 6.29 Å². The summed E-state index contributed by atoms with van der Waals surface area (Å²) in [5.41, 5.74) is 0.829. The molecule has 2 aromatic rings. The van der Waals surface area contributed by atoms with E-state index in [0.29, 0.717) is 16.5 Å². The topological polar surface area (TPSA) is 150 Å². The highest BCUT2D eigenvalue weighted by Gasteiger charge is 2.45. The summed E-state index contributed by atoms with van der Waals surface area (Å²) in [5, 5.41) is 48.5. The number of hydrogen-bond acceptors (Lipinski definition) is 8. The monoisotopic (exact) mass is 366 g/mol. The smallest absolute Gasteiger partial charge is 0.328 e. The van der Waals surface area contributed by atoms with Crippen LogP contribution in [-0.2, 0) is 9.53 Å². The number of hydrogen-bond donors (Lipinski definition) is 5. The van der Waals surface area contributed by atoms with Gasteiger partial charge in [-0.3, -0.25) is 0 Å². The zero-order valence-electron chi connectivity index (χ0n) is 13.4. The van der Waals surface area contributed by atoms with Crippen molar-refractivity contribution in [2.45, 2.75) is 30.7 Å². The lowest BCUT2D eigenvalue weighted by Gasteiger charge is -2.39. The normalized spacial score (nSPS) is 29.3. The minimum absolute atomic E-state index is 0.165. The molecule has 26 heavy (non-hydrogen) atoms. The predicted octanol–water partition coefficient (Wildman–Crippen LogP) is -0.291. The molecule has 140 valence electrons. The van der Waals surface area contributed by atoms with Crippen molar-refractivity contribution in [1.29, 1.82) is 0 Å². The summed E-state index contributed by atoms with van der Waals surface area (Å²) in [4.78, 5) is 10.8. The van der Waals surface area contributed by atoms with Crippen molar-refractivity contribution < 1.29 is 44.2 Å². The number of rotatable bonds is 5. The van der Waals surface area contributed by atoms with E-state index in [2.05, 4.69) is 0 Å². The number of carboxylic acids is 1. The molecule has 1 aliphatic heterocycles. The van der Waals surface area contributed by atoms with Crippen molar-refractivity contribution in [2.24, 2.45) is 0 Å². The van der Waals surface area contributed by atoms with Crippen molar-refractivity contribution in [2.75, 3.05) is 6.61 Å². The maximum Gasteiger partial charge on any atom is 0.328 e. The maximum absolute atomic E-state index is 10.8. The van der Waals surface area contributed by atoms with E-state index >= 15 is 0 Å². The Morgan fingerprint density at radius 3 is 2.62 bits per heavy atom. The van der Waals surface area contributed by atoms with Gasteiger partial charge in [-0.15, -0.1) is 0 Å². The second kappa shape index (κ2) is 7.44. The number of aliphatic hydroxyl groups is 4. The van der Waals surface area contributed by atoms with Crippen LogP contribution in [0.2, 0.25) is 0 Å². The van der Waals surface area contributed by atoms with Crippen LogP contribution in [0.25, 0.3) is 17.0 Å². The van der Waals surface area contributed by atoms with E-state index in [-0.39, 0.29) is 5.75 Å². The van der Waals surface area contributed by atoms with Crippen LogP contribution < -0.4 is 4.74 Å². The van der Waals surface area contributed by atoms with Crippen molar-refractivity contribution in [3.05, 3.63) is 36.1 Å². The Kier molecular flexibility index (Phi) is 5.25. The molecule has 0 spiro atoms. The fraction of sp³-hybridized carbons (Fsp3) is 0.353. The Morgan fingerprint density at radius 1 is 1.15 bits per heavy atom. The second-order valence-electron chi connectivity index (χ2n) is 5.80. The van der Waals surface area contributed by atoms with Crippen molar-refractivity contribution in [3.8, 4) is 5.75 Å². The molecule has 1 aromatic carbocycles. The van der Waals surface area contributed by atoms with Crippen LogP contribution in [0.5, 0.6) is 5.75 Å². The first-order chi connectivity index (χ1) is 12.4. The van der Waals surface area contributed by atoms with Crippen LogP contribution >= 0.6 is 0 Å². The zero-order chi connectivity index (χ0) is 18.8. The number of carbonyl (C=O) groups is 1. The average Bonchev–Trinajstić information content (AvgIpc) is 3.10. The fourth-order valence-corrected chi connectivity index (χ4v) is 2.74. The van der Waals surface area contributed by atoms with Gasteiger partial charge in [-0.25, -0.2) is 4.79 Å². The molecule has 3 rings (SSSR count). The van der Waals surface area contributed by atoms with E-state index in [1.165, 1.54) is 12.3 Å². The summed E-state index contributed by atoms with van der Waals surface area (Å²) >= 11 is 0. The summed E-state index contributed by atoms with van der Waals surface area (Å²) in [6.45, 7) is -0.591. The van der Waals surface area contributed by atoms with Gasteiger partial charge in [-0.05, 0) is 24.3 Å². The Morgan fingerprint density at radius 2 is 1.92 bits per heavy atom. The van der Waals surface area contributed by atoms with Gasteiger partial charge in [0.05, 0.1) is 18.3 Å². The first-order valence-corrected chi connectivity index (χ1v) is 7.80. The Balaban J connectivity index is 1.97. The van der Waals surface area contributed by atoms with E-state index in [1.54, 1.807) is 18.2 Å². The lowest BCUT2D eigenvalue weighted by Crippen LogP contribution is -2.60. The van der Waals surface area contributed by atoms with Gasteiger partial charge in [0.25, 0.3) is 0 Å². The van der Waals surface area contributed by atoms with E-state index < -0.39 is 43.3 Å². The molecular formula is C17H18O9. The second-order valence-corrected chi connectivity index (χ2v) is 5.80. The predicted molar refractivity (Wildman–Crippen MR) is 87.3 cm³/mol. The van der Waals surface area contributed by atoms with E-state index in [9.17, 15) is 25.2 Å². The zero-order valence-corrected chi connectivity index (χ0v) is 13.4. The van der Waals surface area contributed by atoms with Crippen LogP contribution in [0.4, 0.5) is 0 Å². The van der Waals surface area contributed by atoms with E-state index in [0.717, 1.165) is 6.08 Å².